The molecule has 0 bridgehead atoms. The Kier molecular flexibility index (Phi) is 4.75. The topological polar surface area (TPSA) is 66.5 Å². The first-order valence-corrected chi connectivity index (χ1v) is 9.87. The van der Waals surface area contributed by atoms with E-state index in [1.54, 1.807) is 35.2 Å². The normalized spacial score (nSPS) is 13.8. The second-order valence-electron chi connectivity index (χ2n) is 6.27. The third-order valence-corrected chi connectivity index (χ3v) is 5.99. The minimum absolute atomic E-state index is 0.0359. The van der Waals surface area contributed by atoms with Crippen LogP contribution in [0.1, 0.15) is 19.4 Å². The second kappa shape index (κ2) is 6.69. The predicted octanol–water partition coefficient (Wildman–Crippen LogP) is 3.69. The number of benzene rings is 2. The summed E-state index contributed by atoms with van der Waals surface area (Å²) < 4.78 is 27.6. The van der Waals surface area contributed by atoms with Crippen molar-refractivity contribution in [2.45, 2.75) is 25.2 Å². The molecule has 5 nitrogen and oxygen atoms in total. The molecule has 0 spiro atoms. The number of nitrogens with zero attached hydrogens (tertiary/aromatic N) is 1. The zero-order valence-electron chi connectivity index (χ0n) is 14.0. The van der Waals surface area contributed by atoms with Gasteiger partial charge in [0.25, 0.3) is 10.0 Å². The molecule has 1 aliphatic heterocycles. The lowest BCUT2D eigenvalue weighted by molar-refractivity contribution is -0.121. The van der Waals surface area contributed by atoms with Crippen LogP contribution in [0.15, 0.2) is 47.4 Å². The molecule has 1 amide bonds. The summed E-state index contributed by atoms with van der Waals surface area (Å²) in [6.45, 7) is 4.35. The van der Waals surface area contributed by atoms with Crippen LogP contribution in [0, 0.1) is 5.92 Å². The van der Waals surface area contributed by atoms with Gasteiger partial charge < -0.3 is 4.90 Å². The quantitative estimate of drug-likeness (QED) is 0.882. The van der Waals surface area contributed by atoms with Gasteiger partial charge in [-0.3, -0.25) is 9.52 Å². The fourth-order valence-electron chi connectivity index (χ4n) is 2.88. The van der Waals surface area contributed by atoms with E-state index in [2.05, 4.69) is 4.72 Å². The Labute approximate surface area is 152 Å². The zero-order valence-corrected chi connectivity index (χ0v) is 15.6. The van der Waals surface area contributed by atoms with Crippen molar-refractivity contribution >= 4 is 38.9 Å². The number of rotatable bonds is 4. The van der Waals surface area contributed by atoms with E-state index in [0.29, 0.717) is 18.7 Å². The zero-order chi connectivity index (χ0) is 18.2. The molecule has 7 heteroatoms. The van der Waals surface area contributed by atoms with Crippen LogP contribution in [0.25, 0.3) is 0 Å². The number of halogens is 1. The Bertz CT molecular complexity index is 926. The van der Waals surface area contributed by atoms with Gasteiger partial charge >= 0.3 is 0 Å². The molecule has 0 atom stereocenters. The maximum absolute atomic E-state index is 12.5. The SMILES string of the molecule is CC(C)C(=O)N1CCc2cc(NS(=O)(=O)c3ccccc3Cl)ccc21. The molecule has 0 aromatic heterocycles. The van der Waals surface area contributed by atoms with Gasteiger partial charge in [-0.15, -0.1) is 0 Å². The maximum atomic E-state index is 12.5. The second-order valence-corrected chi connectivity index (χ2v) is 8.33. The van der Waals surface area contributed by atoms with Gasteiger partial charge in [0.2, 0.25) is 5.91 Å². The third-order valence-electron chi connectivity index (χ3n) is 4.11. The molecule has 0 saturated carbocycles. The number of hydrogen-bond donors (Lipinski definition) is 1. The van der Waals surface area contributed by atoms with E-state index in [0.717, 1.165) is 11.3 Å². The lowest BCUT2D eigenvalue weighted by Crippen LogP contribution is -2.32. The van der Waals surface area contributed by atoms with Gasteiger partial charge in [-0.05, 0) is 42.3 Å². The van der Waals surface area contributed by atoms with E-state index in [-0.39, 0.29) is 21.7 Å². The highest BCUT2D eigenvalue weighted by atomic mass is 35.5. The summed E-state index contributed by atoms with van der Waals surface area (Å²) in [5.41, 5.74) is 2.25. The van der Waals surface area contributed by atoms with Crippen molar-refractivity contribution in [1.82, 2.24) is 0 Å². The van der Waals surface area contributed by atoms with Crippen molar-refractivity contribution in [2.24, 2.45) is 5.92 Å². The van der Waals surface area contributed by atoms with Crippen LogP contribution in [0.5, 0.6) is 0 Å². The number of sulfonamides is 1. The standard InChI is InChI=1S/C18H19ClN2O3S/c1-12(2)18(22)21-10-9-13-11-14(7-8-16(13)21)20-25(23,24)17-6-4-3-5-15(17)19/h3-8,11-12,20H,9-10H2,1-2H3. The number of fused-ring (bicyclic) bond motifs is 1. The highest BCUT2D eigenvalue weighted by Crippen LogP contribution is 2.32. The van der Waals surface area contributed by atoms with Gasteiger partial charge in [0.1, 0.15) is 4.90 Å². The molecule has 0 aliphatic carbocycles. The molecule has 25 heavy (non-hydrogen) atoms. The smallest absolute Gasteiger partial charge is 0.263 e. The van der Waals surface area contributed by atoms with Crippen molar-refractivity contribution in [3.05, 3.63) is 53.1 Å². The van der Waals surface area contributed by atoms with Crippen LogP contribution in [-0.2, 0) is 21.2 Å². The predicted molar refractivity (Wildman–Crippen MR) is 99.6 cm³/mol. The number of amides is 1. The molecule has 0 radical (unpaired) electrons. The molecule has 2 aromatic carbocycles. The highest BCUT2D eigenvalue weighted by molar-refractivity contribution is 7.92. The molecule has 0 fully saturated rings. The average molecular weight is 379 g/mol. The minimum atomic E-state index is -3.77. The van der Waals surface area contributed by atoms with Crippen LogP contribution in [-0.4, -0.2) is 20.9 Å². The van der Waals surface area contributed by atoms with Crippen molar-refractivity contribution in [3.8, 4) is 0 Å². The van der Waals surface area contributed by atoms with Crippen molar-refractivity contribution in [3.63, 3.8) is 0 Å². The summed E-state index contributed by atoms with van der Waals surface area (Å²) in [6.07, 6.45) is 0.704. The van der Waals surface area contributed by atoms with Crippen molar-refractivity contribution < 1.29 is 13.2 Å². The Hall–Kier alpha value is -2.05. The van der Waals surface area contributed by atoms with Gasteiger partial charge in [0.05, 0.1) is 5.02 Å². The molecular weight excluding hydrogens is 360 g/mol. The lowest BCUT2D eigenvalue weighted by Gasteiger charge is -2.19. The Morgan fingerprint density at radius 1 is 1.20 bits per heavy atom. The first-order valence-electron chi connectivity index (χ1n) is 8.01. The fraction of sp³-hybridized carbons (Fsp3) is 0.278. The summed E-state index contributed by atoms with van der Waals surface area (Å²) in [4.78, 5) is 14.0. The highest BCUT2D eigenvalue weighted by Gasteiger charge is 2.27. The number of carbonyl (C=O) groups is 1. The van der Waals surface area contributed by atoms with Gasteiger partial charge in [-0.1, -0.05) is 37.6 Å². The molecule has 3 rings (SSSR count). The molecule has 1 aliphatic rings. The van der Waals surface area contributed by atoms with E-state index < -0.39 is 10.0 Å². The Balaban J connectivity index is 1.87. The summed E-state index contributed by atoms with van der Waals surface area (Å²) in [5, 5.41) is 0.171. The molecule has 0 unspecified atom stereocenters. The molecule has 2 aromatic rings. The van der Waals surface area contributed by atoms with Crippen LogP contribution < -0.4 is 9.62 Å². The van der Waals surface area contributed by atoms with Crippen LogP contribution in [0.4, 0.5) is 11.4 Å². The number of anilines is 2. The van der Waals surface area contributed by atoms with Crippen LogP contribution >= 0.6 is 11.6 Å². The van der Waals surface area contributed by atoms with Gasteiger partial charge in [-0.25, -0.2) is 8.42 Å². The van der Waals surface area contributed by atoms with E-state index in [1.807, 2.05) is 13.8 Å². The fourth-order valence-corrected chi connectivity index (χ4v) is 4.45. The van der Waals surface area contributed by atoms with Gasteiger partial charge in [0, 0.05) is 23.8 Å². The van der Waals surface area contributed by atoms with Crippen molar-refractivity contribution in [2.75, 3.05) is 16.2 Å². The monoisotopic (exact) mass is 378 g/mol. The number of hydrogen-bond acceptors (Lipinski definition) is 3. The first kappa shape index (κ1) is 17.8. The maximum Gasteiger partial charge on any atom is 0.263 e. The summed E-state index contributed by atoms with van der Waals surface area (Å²) in [5.74, 6) is -0.00694. The van der Waals surface area contributed by atoms with E-state index in [4.69, 9.17) is 11.6 Å². The number of nitrogens with one attached hydrogen (secondary N) is 1. The average Bonchev–Trinajstić information content (AvgIpc) is 2.96. The van der Waals surface area contributed by atoms with E-state index in [9.17, 15) is 13.2 Å². The van der Waals surface area contributed by atoms with Crippen molar-refractivity contribution in [1.29, 1.82) is 0 Å². The first-order chi connectivity index (χ1) is 11.8. The molecule has 0 saturated heterocycles. The number of carbonyl (C=O) groups excluding carboxylic acids is 1. The van der Waals surface area contributed by atoms with E-state index >= 15 is 0 Å². The van der Waals surface area contributed by atoms with Crippen LogP contribution in [0.2, 0.25) is 5.02 Å². The Morgan fingerprint density at radius 3 is 2.60 bits per heavy atom. The Morgan fingerprint density at radius 2 is 1.92 bits per heavy atom. The van der Waals surface area contributed by atoms with Gasteiger partial charge in [-0.2, -0.15) is 0 Å². The van der Waals surface area contributed by atoms with Crippen LogP contribution in [0.3, 0.4) is 0 Å². The minimum Gasteiger partial charge on any atom is -0.312 e. The molecule has 1 heterocycles. The third kappa shape index (κ3) is 3.50. The molecule has 1 N–H and O–H groups in total. The lowest BCUT2D eigenvalue weighted by atomic mass is 10.1. The summed E-state index contributed by atoms with van der Waals surface area (Å²) in [6, 6.07) is 11.5. The molecular formula is C18H19ClN2O3S. The largest absolute Gasteiger partial charge is 0.312 e. The molecule has 132 valence electrons. The van der Waals surface area contributed by atoms with E-state index in [1.165, 1.54) is 12.1 Å². The summed E-state index contributed by atoms with van der Waals surface area (Å²) >= 11 is 5.99. The van der Waals surface area contributed by atoms with Gasteiger partial charge in [0.15, 0.2) is 0 Å². The summed E-state index contributed by atoms with van der Waals surface area (Å²) in [7, 11) is -3.77.